The maximum Gasteiger partial charge on any atom is 0.283 e. The van der Waals surface area contributed by atoms with E-state index in [4.69, 9.17) is 9.47 Å². The molecule has 2 aromatic rings. The van der Waals surface area contributed by atoms with Gasteiger partial charge in [-0.15, -0.1) is 0 Å². The lowest BCUT2D eigenvalue weighted by molar-refractivity contribution is -0.387. The van der Waals surface area contributed by atoms with Crippen molar-refractivity contribution in [3.05, 3.63) is 62.1 Å². The van der Waals surface area contributed by atoms with E-state index in [1.807, 2.05) is 30.3 Å². The first-order valence-electron chi connectivity index (χ1n) is 7.60. The van der Waals surface area contributed by atoms with Crippen molar-refractivity contribution in [3.63, 3.8) is 0 Å². The highest BCUT2D eigenvalue weighted by molar-refractivity contribution is 9.10. The Kier molecular flexibility index (Phi) is 4.12. The standard InChI is InChI=1S/C17H14BrNO4S/c18-12-1-3-13(4-2-12)24-16-10-14-11(9-15(16)19(20)21)5-6-17(14)22-7-8-23-17/h1-4,9-10H,5-8H2. The third-order valence-corrected chi connectivity index (χ3v) is 5.89. The molecule has 124 valence electrons. The highest BCUT2D eigenvalue weighted by Crippen LogP contribution is 2.48. The molecule has 0 radical (unpaired) electrons. The molecule has 7 heteroatoms. The molecule has 5 nitrogen and oxygen atoms in total. The molecule has 2 aliphatic rings. The van der Waals surface area contributed by atoms with Crippen molar-refractivity contribution >= 4 is 33.4 Å². The van der Waals surface area contributed by atoms with E-state index in [1.54, 1.807) is 6.07 Å². The minimum absolute atomic E-state index is 0.136. The quantitative estimate of drug-likeness (QED) is 0.546. The molecule has 0 atom stereocenters. The number of hydrogen-bond acceptors (Lipinski definition) is 5. The molecule has 0 amide bonds. The topological polar surface area (TPSA) is 61.6 Å². The summed E-state index contributed by atoms with van der Waals surface area (Å²) < 4.78 is 12.7. The molecule has 1 spiro atoms. The highest BCUT2D eigenvalue weighted by atomic mass is 79.9. The molecule has 1 fully saturated rings. The fraction of sp³-hybridized carbons (Fsp3) is 0.294. The van der Waals surface area contributed by atoms with Gasteiger partial charge in [-0.3, -0.25) is 10.1 Å². The van der Waals surface area contributed by atoms with Crippen molar-refractivity contribution < 1.29 is 14.4 Å². The molecule has 1 aliphatic heterocycles. The lowest BCUT2D eigenvalue weighted by atomic mass is 10.1. The Bertz CT molecular complexity index is 803. The molecule has 0 saturated carbocycles. The van der Waals surface area contributed by atoms with Crippen LogP contribution in [0.3, 0.4) is 0 Å². The van der Waals surface area contributed by atoms with Crippen molar-refractivity contribution in [1.82, 2.24) is 0 Å². The molecular formula is C17H14BrNO4S. The molecule has 1 heterocycles. The van der Waals surface area contributed by atoms with Crippen LogP contribution in [0.2, 0.25) is 0 Å². The van der Waals surface area contributed by atoms with E-state index in [1.165, 1.54) is 11.8 Å². The zero-order valence-corrected chi connectivity index (χ0v) is 15.1. The maximum atomic E-state index is 11.5. The van der Waals surface area contributed by atoms with Crippen LogP contribution in [0.15, 0.2) is 50.7 Å². The van der Waals surface area contributed by atoms with Gasteiger partial charge in [-0.05, 0) is 42.3 Å². The van der Waals surface area contributed by atoms with Crippen LogP contribution in [0.4, 0.5) is 5.69 Å². The number of nitro groups is 1. The summed E-state index contributed by atoms with van der Waals surface area (Å²) in [6.07, 6.45) is 1.45. The van der Waals surface area contributed by atoms with Crippen LogP contribution < -0.4 is 0 Å². The van der Waals surface area contributed by atoms with Gasteiger partial charge < -0.3 is 9.47 Å². The number of nitrogens with zero attached hydrogens (tertiary/aromatic N) is 1. The first-order chi connectivity index (χ1) is 11.6. The number of hydrogen-bond donors (Lipinski definition) is 0. The first-order valence-corrected chi connectivity index (χ1v) is 9.21. The normalized spacial score (nSPS) is 18.0. The predicted octanol–water partition coefficient (Wildman–Crippen LogP) is 4.65. The lowest BCUT2D eigenvalue weighted by Crippen LogP contribution is -2.23. The largest absolute Gasteiger partial charge is 0.343 e. The Hall–Kier alpha value is -1.41. The Morgan fingerprint density at radius 2 is 1.88 bits per heavy atom. The van der Waals surface area contributed by atoms with Crippen molar-refractivity contribution in [2.75, 3.05) is 13.2 Å². The summed E-state index contributed by atoms with van der Waals surface area (Å²) in [5.41, 5.74) is 2.02. The maximum absolute atomic E-state index is 11.5. The molecule has 0 unspecified atom stereocenters. The average Bonchev–Trinajstić information content (AvgIpc) is 3.18. The fourth-order valence-corrected chi connectivity index (χ4v) is 4.42. The summed E-state index contributed by atoms with van der Waals surface area (Å²) in [6.45, 7) is 1.12. The Balaban J connectivity index is 1.77. The summed E-state index contributed by atoms with van der Waals surface area (Å²) in [5.74, 6) is -0.709. The Labute approximate surface area is 151 Å². The second-order valence-electron chi connectivity index (χ2n) is 5.74. The van der Waals surface area contributed by atoms with Crippen LogP contribution in [0.5, 0.6) is 0 Å². The molecule has 2 aromatic carbocycles. The fourth-order valence-electron chi connectivity index (χ4n) is 3.22. The van der Waals surface area contributed by atoms with E-state index in [-0.39, 0.29) is 10.6 Å². The Morgan fingerprint density at radius 1 is 1.17 bits per heavy atom. The van der Waals surface area contributed by atoms with Crippen LogP contribution in [0, 0.1) is 10.1 Å². The second kappa shape index (κ2) is 6.15. The van der Waals surface area contributed by atoms with Gasteiger partial charge in [0.05, 0.1) is 23.0 Å². The monoisotopic (exact) mass is 407 g/mol. The third kappa shape index (κ3) is 2.75. The summed E-state index contributed by atoms with van der Waals surface area (Å²) in [5, 5.41) is 11.5. The molecule has 0 aromatic heterocycles. The number of halogens is 1. The smallest absolute Gasteiger partial charge is 0.283 e. The second-order valence-corrected chi connectivity index (χ2v) is 7.77. The van der Waals surface area contributed by atoms with Crippen molar-refractivity contribution in [2.24, 2.45) is 0 Å². The highest BCUT2D eigenvalue weighted by Gasteiger charge is 2.45. The van der Waals surface area contributed by atoms with Gasteiger partial charge in [0.15, 0.2) is 5.79 Å². The molecule has 1 saturated heterocycles. The summed E-state index contributed by atoms with van der Waals surface area (Å²) in [4.78, 5) is 12.7. The minimum Gasteiger partial charge on any atom is -0.343 e. The summed E-state index contributed by atoms with van der Waals surface area (Å²) in [6, 6.07) is 11.3. The van der Waals surface area contributed by atoms with Gasteiger partial charge in [0.25, 0.3) is 5.69 Å². The van der Waals surface area contributed by atoms with Crippen molar-refractivity contribution in [1.29, 1.82) is 0 Å². The van der Waals surface area contributed by atoms with E-state index < -0.39 is 5.79 Å². The van der Waals surface area contributed by atoms with Gasteiger partial charge in [-0.25, -0.2) is 0 Å². The van der Waals surface area contributed by atoms with Crippen LogP contribution >= 0.6 is 27.7 Å². The zero-order chi connectivity index (χ0) is 16.7. The number of ether oxygens (including phenoxy) is 2. The van der Waals surface area contributed by atoms with E-state index in [2.05, 4.69) is 15.9 Å². The minimum atomic E-state index is -0.709. The molecule has 4 rings (SSSR count). The van der Waals surface area contributed by atoms with Crippen molar-refractivity contribution in [2.45, 2.75) is 28.4 Å². The molecule has 0 N–H and O–H groups in total. The van der Waals surface area contributed by atoms with Crippen LogP contribution in [0.1, 0.15) is 17.5 Å². The predicted molar refractivity (Wildman–Crippen MR) is 93.3 cm³/mol. The third-order valence-electron chi connectivity index (χ3n) is 4.31. The molecule has 0 bridgehead atoms. The number of fused-ring (bicyclic) bond motifs is 2. The molecule has 1 aliphatic carbocycles. The lowest BCUT2D eigenvalue weighted by Gasteiger charge is -2.23. The van der Waals surface area contributed by atoms with E-state index in [0.29, 0.717) is 24.5 Å². The van der Waals surface area contributed by atoms with E-state index in [9.17, 15) is 10.1 Å². The van der Waals surface area contributed by atoms with Gasteiger partial charge in [0.1, 0.15) is 0 Å². The van der Waals surface area contributed by atoms with Crippen molar-refractivity contribution in [3.8, 4) is 0 Å². The number of aryl methyl sites for hydroxylation is 1. The van der Waals surface area contributed by atoms with Gasteiger partial charge in [-0.2, -0.15) is 0 Å². The van der Waals surface area contributed by atoms with Crippen LogP contribution in [-0.4, -0.2) is 18.1 Å². The van der Waals surface area contributed by atoms with Crippen LogP contribution in [-0.2, 0) is 21.7 Å². The van der Waals surface area contributed by atoms with Gasteiger partial charge in [-0.1, -0.05) is 27.7 Å². The van der Waals surface area contributed by atoms with E-state index >= 15 is 0 Å². The molecular weight excluding hydrogens is 394 g/mol. The molecule has 24 heavy (non-hydrogen) atoms. The number of nitro benzene ring substituents is 1. The zero-order valence-electron chi connectivity index (χ0n) is 12.7. The van der Waals surface area contributed by atoms with Gasteiger partial charge in [0, 0.05) is 27.4 Å². The number of benzene rings is 2. The SMILES string of the molecule is O=[N+]([O-])c1cc2c(cc1Sc1ccc(Br)cc1)C1(CC2)OCCO1. The summed E-state index contributed by atoms with van der Waals surface area (Å²) >= 11 is 4.78. The summed E-state index contributed by atoms with van der Waals surface area (Å²) in [7, 11) is 0. The van der Waals surface area contributed by atoms with Gasteiger partial charge in [0.2, 0.25) is 0 Å². The number of rotatable bonds is 3. The Morgan fingerprint density at radius 3 is 2.54 bits per heavy atom. The van der Waals surface area contributed by atoms with Crippen LogP contribution in [0.25, 0.3) is 0 Å². The van der Waals surface area contributed by atoms with Gasteiger partial charge >= 0.3 is 0 Å². The van der Waals surface area contributed by atoms with E-state index in [0.717, 1.165) is 26.9 Å². The average molecular weight is 408 g/mol. The first kappa shape index (κ1) is 16.1.